The van der Waals surface area contributed by atoms with Gasteiger partial charge in [-0.15, -0.1) is 12.4 Å². The summed E-state index contributed by atoms with van der Waals surface area (Å²) in [4.78, 5) is 2.60. The number of sulfonamides is 1. The molecule has 1 saturated carbocycles. The predicted octanol–water partition coefficient (Wildman–Crippen LogP) is 0.812. The van der Waals surface area contributed by atoms with Gasteiger partial charge in [-0.2, -0.15) is 0 Å². The first-order valence-electron chi connectivity index (χ1n) is 7.85. The van der Waals surface area contributed by atoms with Crippen LogP contribution >= 0.6 is 12.4 Å². The number of rotatable bonds is 4. The fourth-order valence-corrected chi connectivity index (χ4v) is 5.08. The third kappa shape index (κ3) is 4.55. The van der Waals surface area contributed by atoms with Crippen LogP contribution in [0.1, 0.15) is 32.1 Å². The molecule has 1 spiro atoms. The molecule has 3 fully saturated rings. The Kier molecular flexibility index (Phi) is 5.58. The van der Waals surface area contributed by atoms with Crippen LogP contribution < -0.4 is 10.0 Å². The molecule has 0 aromatic rings. The SMILES string of the molecule is CS(=O)(=O)NC1CCC2(CC1)CN(CC1CCNC1)C2.Cl. The average molecular weight is 338 g/mol. The van der Waals surface area contributed by atoms with Gasteiger partial charge in [0.05, 0.1) is 6.26 Å². The number of nitrogens with zero attached hydrogens (tertiary/aromatic N) is 1. The van der Waals surface area contributed by atoms with Crippen molar-refractivity contribution in [1.29, 1.82) is 0 Å². The van der Waals surface area contributed by atoms with Crippen LogP contribution in [0.3, 0.4) is 0 Å². The van der Waals surface area contributed by atoms with Crippen molar-refractivity contribution in [1.82, 2.24) is 14.9 Å². The van der Waals surface area contributed by atoms with Gasteiger partial charge in [0.2, 0.25) is 10.0 Å². The van der Waals surface area contributed by atoms with E-state index in [0.717, 1.165) is 18.8 Å². The molecular weight excluding hydrogens is 310 g/mol. The highest BCUT2D eigenvalue weighted by Gasteiger charge is 2.45. The molecular formula is C14H28ClN3O2S. The Morgan fingerprint density at radius 3 is 2.43 bits per heavy atom. The summed E-state index contributed by atoms with van der Waals surface area (Å²) in [7, 11) is -3.04. The molecule has 0 bridgehead atoms. The summed E-state index contributed by atoms with van der Waals surface area (Å²) in [6.07, 6.45) is 6.96. The molecule has 2 saturated heterocycles. The van der Waals surface area contributed by atoms with Crippen molar-refractivity contribution in [2.75, 3.05) is 39.0 Å². The second-order valence-corrected chi connectivity index (χ2v) is 8.97. The van der Waals surface area contributed by atoms with Gasteiger partial charge < -0.3 is 10.2 Å². The lowest BCUT2D eigenvalue weighted by Gasteiger charge is -2.54. The summed E-state index contributed by atoms with van der Waals surface area (Å²) in [5.41, 5.74) is 0.502. The summed E-state index contributed by atoms with van der Waals surface area (Å²) in [5, 5.41) is 3.43. The first kappa shape index (κ1) is 17.5. The minimum absolute atomic E-state index is 0. The van der Waals surface area contributed by atoms with Crippen LogP contribution in [0, 0.1) is 11.3 Å². The molecule has 7 heteroatoms. The van der Waals surface area contributed by atoms with Gasteiger partial charge in [-0.25, -0.2) is 13.1 Å². The van der Waals surface area contributed by atoms with Gasteiger partial charge in [-0.1, -0.05) is 0 Å². The second kappa shape index (κ2) is 6.71. The van der Waals surface area contributed by atoms with E-state index in [2.05, 4.69) is 14.9 Å². The highest BCUT2D eigenvalue weighted by molar-refractivity contribution is 7.88. The van der Waals surface area contributed by atoms with E-state index < -0.39 is 10.0 Å². The monoisotopic (exact) mass is 337 g/mol. The van der Waals surface area contributed by atoms with E-state index in [4.69, 9.17) is 0 Å². The van der Waals surface area contributed by atoms with Crippen molar-refractivity contribution < 1.29 is 8.42 Å². The van der Waals surface area contributed by atoms with E-state index in [1.54, 1.807) is 0 Å². The molecule has 124 valence electrons. The topological polar surface area (TPSA) is 61.4 Å². The molecule has 3 aliphatic rings. The lowest BCUT2D eigenvalue weighted by molar-refractivity contribution is -0.0387. The van der Waals surface area contributed by atoms with Gasteiger partial charge in [0.25, 0.3) is 0 Å². The number of halogens is 1. The molecule has 0 amide bonds. The summed E-state index contributed by atoms with van der Waals surface area (Å²) in [5.74, 6) is 0.843. The van der Waals surface area contributed by atoms with Crippen LogP contribution in [0.5, 0.6) is 0 Å². The standard InChI is InChI=1S/C14H27N3O2S.ClH/c1-20(18,19)16-13-2-5-14(6-3-13)10-17(11-14)9-12-4-7-15-8-12;/h12-13,15-16H,2-11H2,1H3;1H. The van der Waals surface area contributed by atoms with E-state index in [0.29, 0.717) is 5.41 Å². The number of hydrogen-bond donors (Lipinski definition) is 2. The average Bonchev–Trinajstić information content (AvgIpc) is 2.80. The van der Waals surface area contributed by atoms with Crippen LogP contribution in [-0.2, 0) is 10.0 Å². The Labute approximate surface area is 134 Å². The van der Waals surface area contributed by atoms with Gasteiger partial charge in [-0.05, 0) is 56.5 Å². The minimum Gasteiger partial charge on any atom is -0.316 e. The maximum atomic E-state index is 11.3. The van der Waals surface area contributed by atoms with Crippen molar-refractivity contribution in [3.05, 3.63) is 0 Å². The maximum absolute atomic E-state index is 11.3. The molecule has 1 atom stereocenters. The van der Waals surface area contributed by atoms with Crippen LogP contribution in [0.25, 0.3) is 0 Å². The molecule has 1 unspecified atom stereocenters. The molecule has 3 rings (SSSR count). The third-order valence-electron chi connectivity index (χ3n) is 5.22. The Morgan fingerprint density at radius 1 is 1.24 bits per heavy atom. The summed E-state index contributed by atoms with van der Waals surface area (Å²) >= 11 is 0. The molecule has 21 heavy (non-hydrogen) atoms. The van der Waals surface area contributed by atoms with Crippen molar-refractivity contribution in [2.45, 2.75) is 38.1 Å². The lowest BCUT2D eigenvalue weighted by Crippen LogP contribution is -2.59. The van der Waals surface area contributed by atoms with Crippen molar-refractivity contribution >= 4 is 22.4 Å². The molecule has 2 N–H and O–H groups in total. The van der Waals surface area contributed by atoms with Gasteiger partial charge in [0.15, 0.2) is 0 Å². The van der Waals surface area contributed by atoms with Crippen LogP contribution in [0.15, 0.2) is 0 Å². The van der Waals surface area contributed by atoms with Crippen molar-refractivity contribution in [3.8, 4) is 0 Å². The molecule has 1 aliphatic carbocycles. The van der Waals surface area contributed by atoms with Crippen molar-refractivity contribution in [3.63, 3.8) is 0 Å². The zero-order chi connectivity index (χ0) is 14.2. The number of likely N-dealkylation sites (tertiary alicyclic amines) is 1. The molecule has 0 radical (unpaired) electrons. The molecule has 2 aliphatic heterocycles. The van der Waals surface area contributed by atoms with E-state index in [1.165, 1.54) is 58.2 Å². The Hall–Kier alpha value is 0.120. The number of hydrogen-bond acceptors (Lipinski definition) is 4. The second-order valence-electron chi connectivity index (χ2n) is 7.19. The largest absolute Gasteiger partial charge is 0.316 e. The van der Waals surface area contributed by atoms with E-state index in [1.807, 2.05) is 0 Å². The maximum Gasteiger partial charge on any atom is 0.208 e. The van der Waals surface area contributed by atoms with E-state index in [-0.39, 0.29) is 18.4 Å². The first-order chi connectivity index (χ1) is 9.44. The van der Waals surface area contributed by atoms with E-state index in [9.17, 15) is 8.42 Å². The fraction of sp³-hybridized carbons (Fsp3) is 1.00. The van der Waals surface area contributed by atoms with Crippen molar-refractivity contribution in [2.24, 2.45) is 11.3 Å². The van der Waals surface area contributed by atoms with Gasteiger partial charge in [0.1, 0.15) is 0 Å². The Bertz CT molecular complexity index is 435. The molecule has 0 aromatic carbocycles. The fourth-order valence-electron chi connectivity index (χ4n) is 4.23. The number of nitrogens with one attached hydrogen (secondary N) is 2. The highest BCUT2D eigenvalue weighted by atomic mass is 35.5. The van der Waals surface area contributed by atoms with Gasteiger partial charge >= 0.3 is 0 Å². The summed E-state index contributed by atoms with van der Waals surface area (Å²) in [6.45, 7) is 6.08. The lowest BCUT2D eigenvalue weighted by atomic mass is 9.67. The van der Waals surface area contributed by atoms with E-state index >= 15 is 0 Å². The third-order valence-corrected chi connectivity index (χ3v) is 5.99. The quantitative estimate of drug-likeness (QED) is 0.797. The first-order valence-corrected chi connectivity index (χ1v) is 9.74. The molecule has 5 nitrogen and oxygen atoms in total. The zero-order valence-corrected chi connectivity index (χ0v) is 14.4. The highest BCUT2D eigenvalue weighted by Crippen LogP contribution is 2.44. The van der Waals surface area contributed by atoms with Crippen LogP contribution in [0.2, 0.25) is 0 Å². The smallest absolute Gasteiger partial charge is 0.208 e. The van der Waals surface area contributed by atoms with Gasteiger partial charge in [0, 0.05) is 25.7 Å². The predicted molar refractivity (Wildman–Crippen MR) is 87.3 cm³/mol. The Morgan fingerprint density at radius 2 is 1.90 bits per heavy atom. The zero-order valence-electron chi connectivity index (χ0n) is 12.8. The van der Waals surface area contributed by atoms with Crippen LogP contribution in [-0.4, -0.2) is 58.3 Å². The normalized spacial score (nSPS) is 30.0. The summed E-state index contributed by atoms with van der Waals surface area (Å²) < 4.78 is 25.3. The minimum atomic E-state index is -3.04. The van der Waals surface area contributed by atoms with Crippen LogP contribution in [0.4, 0.5) is 0 Å². The van der Waals surface area contributed by atoms with Gasteiger partial charge in [-0.3, -0.25) is 0 Å². The molecule has 2 heterocycles. The summed E-state index contributed by atoms with van der Waals surface area (Å²) in [6, 6.07) is 0.170. The molecule has 0 aromatic heterocycles. The Balaban J connectivity index is 0.00000161.